The number of esters is 1. The van der Waals surface area contributed by atoms with Crippen molar-refractivity contribution in [3.05, 3.63) is 35.9 Å². The fourth-order valence-corrected chi connectivity index (χ4v) is 2.01. The van der Waals surface area contributed by atoms with Gasteiger partial charge in [0.1, 0.15) is 5.76 Å². The third-order valence-corrected chi connectivity index (χ3v) is 3.13. The summed E-state index contributed by atoms with van der Waals surface area (Å²) in [6.07, 6.45) is 1.04. The Hall–Kier alpha value is -2.19. The van der Waals surface area contributed by atoms with Gasteiger partial charge in [-0.3, -0.25) is 14.1 Å². The number of carbonyl (C=O) groups excluding carboxylic acids is 2. The van der Waals surface area contributed by atoms with Gasteiger partial charge in [-0.05, 0) is 19.1 Å². The molecular weight excluding hydrogens is 298 g/mol. The average molecular weight is 313 g/mol. The Bertz CT molecular complexity index is 678. The van der Waals surface area contributed by atoms with Crippen LogP contribution in [0.5, 0.6) is 0 Å². The molecule has 0 saturated heterocycles. The minimum atomic E-state index is -4.39. The van der Waals surface area contributed by atoms with E-state index >= 15 is 0 Å². The van der Waals surface area contributed by atoms with Gasteiger partial charge in [-0.25, -0.2) is 0 Å². The van der Waals surface area contributed by atoms with Crippen molar-refractivity contribution in [2.24, 2.45) is 0 Å². The van der Waals surface area contributed by atoms with Crippen LogP contribution in [0, 0.1) is 0 Å². The predicted molar refractivity (Wildman–Crippen MR) is 74.7 cm³/mol. The molecule has 7 nitrogen and oxygen atoms in total. The van der Waals surface area contributed by atoms with E-state index in [2.05, 4.69) is 5.32 Å². The van der Waals surface area contributed by atoms with Crippen molar-refractivity contribution < 1.29 is 27.3 Å². The van der Waals surface area contributed by atoms with E-state index in [1.54, 1.807) is 6.92 Å². The van der Waals surface area contributed by atoms with Gasteiger partial charge in [0, 0.05) is 25.1 Å². The van der Waals surface area contributed by atoms with Gasteiger partial charge in [0.05, 0.1) is 4.90 Å². The second-order valence-electron chi connectivity index (χ2n) is 4.00. The summed E-state index contributed by atoms with van der Waals surface area (Å²) >= 11 is 0. The Morgan fingerprint density at radius 3 is 2.57 bits per heavy atom. The normalized spacial score (nSPS) is 11.9. The van der Waals surface area contributed by atoms with Crippen LogP contribution in [-0.2, 0) is 24.4 Å². The Morgan fingerprint density at radius 2 is 2.05 bits per heavy atom. The van der Waals surface area contributed by atoms with Crippen LogP contribution < -0.4 is 5.32 Å². The van der Waals surface area contributed by atoms with Crippen LogP contribution in [0.1, 0.15) is 19.4 Å². The Kier molecular flexibility index (Phi) is 5.62. The van der Waals surface area contributed by atoms with Crippen LogP contribution >= 0.6 is 0 Å². The van der Waals surface area contributed by atoms with Gasteiger partial charge in [0.25, 0.3) is 10.1 Å². The maximum atomic E-state index is 11.5. The molecule has 114 valence electrons. The van der Waals surface area contributed by atoms with E-state index in [1.165, 1.54) is 18.2 Å². The van der Waals surface area contributed by atoms with Crippen molar-refractivity contribution in [1.82, 2.24) is 5.32 Å². The maximum absolute atomic E-state index is 11.5. The molecule has 0 aliphatic rings. The zero-order valence-electron chi connectivity index (χ0n) is 11.5. The molecule has 0 aliphatic heterocycles. The minimum Gasteiger partial charge on any atom is -0.426 e. The number of hydrogen-bond acceptors (Lipinski definition) is 5. The third-order valence-electron chi connectivity index (χ3n) is 2.28. The second-order valence-corrected chi connectivity index (χ2v) is 5.42. The molecule has 21 heavy (non-hydrogen) atoms. The average Bonchev–Trinajstić information content (AvgIpc) is 2.37. The molecule has 0 bridgehead atoms. The van der Waals surface area contributed by atoms with Gasteiger partial charge in [0.2, 0.25) is 5.91 Å². The lowest BCUT2D eigenvalue weighted by Gasteiger charge is -2.08. The van der Waals surface area contributed by atoms with Crippen LogP contribution in [0.4, 0.5) is 0 Å². The van der Waals surface area contributed by atoms with Crippen LogP contribution in [0.25, 0.3) is 5.76 Å². The van der Waals surface area contributed by atoms with Crippen molar-refractivity contribution >= 4 is 27.8 Å². The largest absolute Gasteiger partial charge is 0.426 e. The molecule has 0 aromatic heterocycles. The first-order valence-electron chi connectivity index (χ1n) is 6.00. The highest BCUT2D eigenvalue weighted by Crippen LogP contribution is 2.20. The fraction of sp³-hybridized carbons (Fsp3) is 0.231. The lowest BCUT2D eigenvalue weighted by molar-refractivity contribution is -0.134. The van der Waals surface area contributed by atoms with Crippen LogP contribution in [-0.4, -0.2) is 31.4 Å². The van der Waals surface area contributed by atoms with E-state index < -0.39 is 22.0 Å². The lowest BCUT2D eigenvalue weighted by Crippen LogP contribution is -2.20. The van der Waals surface area contributed by atoms with Crippen molar-refractivity contribution in [3.8, 4) is 0 Å². The summed E-state index contributed by atoms with van der Waals surface area (Å²) in [7, 11) is -4.39. The number of ether oxygens (including phenoxy) is 1. The number of hydrogen-bond donors (Lipinski definition) is 2. The van der Waals surface area contributed by atoms with E-state index in [9.17, 15) is 18.0 Å². The van der Waals surface area contributed by atoms with Gasteiger partial charge < -0.3 is 10.1 Å². The molecule has 0 spiro atoms. The summed E-state index contributed by atoms with van der Waals surface area (Å²) in [5.41, 5.74) is 0.173. The lowest BCUT2D eigenvalue weighted by atomic mass is 10.2. The molecule has 0 radical (unpaired) electrons. The van der Waals surface area contributed by atoms with E-state index in [-0.39, 0.29) is 16.2 Å². The van der Waals surface area contributed by atoms with E-state index in [1.807, 2.05) is 0 Å². The third kappa shape index (κ3) is 5.36. The Morgan fingerprint density at radius 1 is 1.38 bits per heavy atom. The summed E-state index contributed by atoms with van der Waals surface area (Å²) in [6, 6.07) is 5.08. The first-order chi connectivity index (χ1) is 9.74. The standard InChI is InChI=1S/C13H15NO6S/c1-3-14-13(16)8-12(20-9(2)15)10-5-4-6-11(7-10)21(17,18)19/h4-8H,3H2,1-2H3,(H,14,16)(H,17,18,19)/b12-8-. The first kappa shape index (κ1) is 16.9. The summed E-state index contributed by atoms with van der Waals surface area (Å²) in [5, 5.41) is 2.49. The Balaban J connectivity index is 3.27. The highest BCUT2D eigenvalue weighted by atomic mass is 32.2. The molecule has 1 amide bonds. The molecule has 0 unspecified atom stereocenters. The number of nitrogens with one attached hydrogen (secondary N) is 1. The molecule has 1 aromatic carbocycles. The highest BCUT2D eigenvalue weighted by Gasteiger charge is 2.14. The second kappa shape index (κ2) is 7.00. The zero-order chi connectivity index (χ0) is 16.0. The van der Waals surface area contributed by atoms with Crippen LogP contribution in [0.15, 0.2) is 35.2 Å². The molecule has 2 N–H and O–H groups in total. The molecule has 0 aliphatic carbocycles. The minimum absolute atomic E-state index is 0.112. The van der Waals surface area contributed by atoms with Crippen molar-refractivity contribution in [2.45, 2.75) is 18.7 Å². The zero-order valence-corrected chi connectivity index (χ0v) is 12.3. The van der Waals surface area contributed by atoms with Gasteiger partial charge in [-0.2, -0.15) is 8.42 Å². The monoisotopic (exact) mass is 313 g/mol. The van der Waals surface area contributed by atoms with Crippen molar-refractivity contribution in [2.75, 3.05) is 6.54 Å². The van der Waals surface area contributed by atoms with Crippen molar-refractivity contribution in [1.29, 1.82) is 0 Å². The van der Waals surface area contributed by atoms with E-state index in [0.29, 0.717) is 6.54 Å². The number of rotatable bonds is 5. The molecular formula is C13H15NO6S. The van der Waals surface area contributed by atoms with Gasteiger partial charge in [-0.1, -0.05) is 12.1 Å². The first-order valence-corrected chi connectivity index (χ1v) is 7.44. The molecule has 0 heterocycles. The summed E-state index contributed by atoms with van der Waals surface area (Å²) in [4.78, 5) is 22.3. The van der Waals surface area contributed by atoms with Crippen LogP contribution in [0.2, 0.25) is 0 Å². The summed E-state index contributed by atoms with van der Waals surface area (Å²) in [6.45, 7) is 3.25. The van der Waals surface area contributed by atoms with E-state index in [0.717, 1.165) is 19.1 Å². The molecule has 1 aromatic rings. The molecule has 8 heteroatoms. The molecule has 0 saturated carbocycles. The topological polar surface area (TPSA) is 110 Å². The number of benzene rings is 1. The van der Waals surface area contributed by atoms with Gasteiger partial charge in [0.15, 0.2) is 0 Å². The fourth-order valence-electron chi connectivity index (χ4n) is 1.48. The molecule has 0 atom stereocenters. The SMILES string of the molecule is CCNC(=O)/C=C(\OC(C)=O)c1cccc(S(=O)(=O)O)c1. The predicted octanol–water partition coefficient (Wildman–Crippen LogP) is 0.973. The summed E-state index contributed by atoms with van der Waals surface area (Å²) < 4.78 is 36.1. The highest BCUT2D eigenvalue weighted by molar-refractivity contribution is 7.85. The van der Waals surface area contributed by atoms with Crippen LogP contribution in [0.3, 0.4) is 0 Å². The quantitative estimate of drug-likeness (QED) is 0.363. The van der Waals surface area contributed by atoms with E-state index in [4.69, 9.17) is 9.29 Å². The van der Waals surface area contributed by atoms with Gasteiger partial charge in [-0.15, -0.1) is 0 Å². The number of carbonyl (C=O) groups is 2. The smallest absolute Gasteiger partial charge is 0.308 e. The van der Waals surface area contributed by atoms with Gasteiger partial charge >= 0.3 is 5.97 Å². The number of amides is 1. The van der Waals surface area contributed by atoms with Crippen molar-refractivity contribution in [3.63, 3.8) is 0 Å². The molecule has 0 fully saturated rings. The molecule has 1 rings (SSSR count). The maximum Gasteiger partial charge on any atom is 0.308 e. The Labute approximate surface area is 122 Å². The summed E-state index contributed by atoms with van der Waals surface area (Å²) in [5.74, 6) is -1.27. The number of likely N-dealkylation sites (N-methyl/N-ethyl adjacent to an activating group) is 1.